The van der Waals surface area contributed by atoms with Gasteiger partial charge in [-0.25, -0.2) is 4.98 Å². The standard InChI is InChI=1S/C22H24N4O2/c1-16-13-19-20(14-17(16)2)25-15-26(22(19)28)12-9-21(27)24-11-6-4-8-18-7-3-5-10-23-18/h3,5,7,9-10,12-15H,4,6,8,11H2,1-2H3,(H,24,27). The number of rotatable bonds is 7. The molecule has 0 bridgehead atoms. The number of carbonyl (C=O) groups excluding carboxylic acids is 1. The van der Waals surface area contributed by atoms with Crippen LogP contribution in [0.1, 0.15) is 29.7 Å². The highest BCUT2D eigenvalue weighted by molar-refractivity contribution is 5.90. The van der Waals surface area contributed by atoms with Gasteiger partial charge in [-0.05, 0) is 68.5 Å². The molecule has 0 unspecified atom stereocenters. The Hall–Kier alpha value is -3.28. The van der Waals surface area contributed by atoms with Gasteiger partial charge in [-0.3, -0.25) is 19.1 Å². The first kappa shape index (κ1) is 19.5. The molecule has 0 radical (unpaired) electrons. The van der Waals surface area contributed by atoms with Crippen LogP contribution in [0, 0.1) is 13.8 Å². The molecule has 1 N–H and O–H groups in total. The summed E-state index contributed by atoms with van der Waals surface area (Å²) in [6.07, 6.45) is 8.75. The number of pyridine rings is 1. The lowest BCUT2D eigenvalue weighted by Crippen LogP contribution is -2.23. The van der Waals surface area contributed by atoms with Gasteiger partial charge in [0.25, 0.3) is 5.56 Å². The maximum atomic E-state index is 12.6. The number of unbranched alkanes of at least 4 members (excludes halogenated alkanes) is 1. The van der Waals surface area contributed by atoms with E-state index in [4.69, 9.17) is 0 Å². The van der Waals surface area contributed by atoms with E-state index in [9.17, 15) is 9.59 Å². The Morgan fingerprint density at radius 1 is 1.14 bits per heavy atom. The van der Waals surface area contributed by atoms with Crippen LogP contribution in [0.5, 0.6) is 0 Å². The molecule has 3 rings (SSSR count). The number of aromatic nitrogens is 3. The number of hydrogen-bond donors (Lipinski definition) is 1. The predicted octanol–water partition coefficient (Wildman–Crippen LogP) is 3.02. The lowest BCUT2D eigenvalue weighted by molar-refractivity contribution is -0.116. The lowest BCUT2D eigenvalue weighted by atomic mass is 10.1. The largest absolute Gasteiger partial charge is 0.353 e. The second kappa shape index (κ2) is 9.08. The number of amides is 1. The van der Waals surface area contributed by atoms with Crippen LogP contribution in [0.15, 0.2) is 53.7 Å². The Morgan fingerprint density at radius 2 is 1.96 bits per heavy atom. The van der Waals surface area contributed by atoms with Crippen LogP contribution in [0.2, 0.25) is 0 Å². The Balaban J connectivity index is 1.53. The van der Waals surface area contributed by atoms with Crippen LogP contribution in [0.4, 0.5) is 0 Å². The topological polar surface area (TPSA) is 76.9 Å². The fraction of sp³-hybridized carbons (Fsp3) is 0.273. The van der Waals surface area contributed by atoms with Crippen molar-refractivity contribution in [2.24, 2.45) is 0 Å². The van der Waals surface area contributed by atoms with Crippen molar-refractivity contribution in [3.8, 4) is 0 Å². The zero-order valence-electron chi connectivity index (χ0n) is 16.2. The van der Waals surface area contributed by atoms with E-state index in [0.29, 0.717) is 17.4 Å². The summed E-state index contributed by atoms with van der Waals surface area (Å²) in [5.41, 5.74) is 3.66. The van der Waals surface area contributed by atoms with Crippen molar-refractivity contribution in [1.29, 1.82) is 0 Å². The smallest absolute Gasteiger partial charge is 0.265 e. The molecule has 6 nitrogen and oxygen atoms in total. The number of benzene rings is 1. The Morgan fingerprint density at radius 3 is 2.75 bits per heavy atom. The number of nitrogens with one attached hydrogen (secondary N) is 1. The van der Waals surface area contributed by atoms with Crippen molar-refractivity contribution < 1.29 is 4.79 Å². The minimum absolute atomic E-state index is 0.187. The van der Waals surface area contributed by atoms with Gasteiger partial charge in [-0.15, -0.1) is 0 Å². The first-order valence-electron chi connectivity index (χ1n) is 9.38. The van der Waals surface area contributed by atoms with Crippen molar-refractivity contribution in [3.05, 3.63) is 76.1 Å². The molecule has 1 amide bonds. The number of nitrogens with zero attached hydrogens (tertiary/aromatic N) is 3. The highest BCUT2D eigenvalue weighted by atomic mass is 16.1. The van der Waals surface area contributed by atoms with Crippen LogP contribution in [0.25, 0.3) is 17.1 Å². The van der Waals surface area contributed by atoms with E-state index in [1.165, 1.54) is 23.2 Å². The highest BCUT2D eigenvalue weighted by Gasteiger charge is 2.05. The summed E-state index contributed by atoms with van der Waals surface area (Å²) < 4.78 is 1.33. The van der Waals surface area contributed by atoms with E-state index in [-0.39, 0.29) is 11.5 Å². The monoisotopic (exact) mass is 376 g/mol. The van der Waals surface area contributed by atoms with E-state index in [2.05, 4.69) is 15.3 Å². The van der Waals surface area contributed by atoms with Crippen molar-refractivity contribution in [3.63, 3.8) is 0 Å². The van der Waals surface area contributed by atoms with Crippen molar-refractivity contribution in [2.75, 3.05) is 6.54 Å². The molecule has 144 valence electrons. The van der Waals surface area contributed by atoms with Gasteiger partial charge < -0.3 is 5.32 Å². The minimum atomic E-state index is -0.232. The summed E-state index contributed by atoms with van der Waals surface area (Å²) in [7, 11) is 0. The average molecular weight is 376 g/mol. The van der Waals surface area contributed by atoms with Gasteiger partial charge in [0.2, 0.25) is 5.91 Å². The van der Waals surface area contributed by atoms with Gasteiger partial charge in [0.1, 0.15) is 6.33 Å². The molecule has 6 heteroatoms. The summed E-state index contributed by atoms with van der Waals surface area (Å²) in [5, 5.41) is 3.38. The predicted molar refractivity (Wildman–Crippen MR) is 111 cm³/mol. The Kier molecular flexibility index (Phi) is 6.32. The molecule has 2 aromatic heterocycles. The molecular weight excluding hydrogens is 352 g/mol. The van der Waals surface area contributed by atoms with Gasteiger partial charge in [0.15, 0.2) is 0 Å². The third kappa shape index (κ3) is 4.91. The Bertz CT molecular complexity index is 1060. The van der Waals surface area contributed by atoms with Crippen molar-refractivity contribution in [2.45, 2.75) is 33.1 Å². The zero-order chi connectivity index (χ0) is 19.9. The third-order valence-electron chi connectivity index (χ3n) is 4.67. The van der Waals surface area contributed by atoms with E-state index in [0.717, 1.165) is 36.1 Å². The van der Waals surface area contributed by atoms with E-state index < -0.39 is 0 Å². The summed E-state index contributed by atoms with van der Waals surface area (Å²) in [6.45, 7) is 4.53. The van der Waals surface area contributed by atoms with Gasteiger partial charge in [-0.2, -0.15) is 0 Å². The molecule has 0 saturated carbocycles. The quantitative estimate of drug-likeness (QED) is 0.508. The minimum Gasteiger partial charge on any atom is -0.353 e. The van der Waals surface area contributed by atoms with Gasteiger partial charge in [0.05, 0.1) is 10.9 Å². The molecule has 0 aliphatic rings. The normalized spacial score (nSPS) is 11.2. The van der Waals surface area contributed by atoms with Gasteiger partial charge in [0, 0.05) is 30.7 Å². The van der Waals surface area contributed by atoms with E-state index in [1.807, 2.05) is 44.2 Å². The van der Waals surface area contributed by atoms with Gasteiger partial charge >= 0.3 is 0 Å². The van der Waals surface area contributed by atoms with Crippen LogP contribution in [0.3, 0.4) is 0 Å². The zero-order valence-corrected chi connectivity index (χ0v) is 16.2. The highest BCUT2D eigenvalue weighted by Crippen LogP contribution is 2.14. The number of aryl methyl sites for hydroxylation is 3. The second-order valence-corrected chi connectivity index (χ2v) is 6.80. The molecule has 0 fully saturated rings. The average Bonchev–Trinajstić information content (AvgIpc) is 2.69. The van der Waals surface area contributed by atoms with Crippen LogP contribution in [-0.2, 0) is 11.2 Å². The van der Waals surface area contributed by atoms with Gasteiger partial charge in [-0.1, -0.05) is 6.07 Å². The number of hydrogen-bond acceptors (Lipinski definition) is 4. The summed E-state index contributed by atoms with van der Waals surface area (Å²) in [4.78, 5) is 33.1. The summed E-state index contributed by atoms with van der Waals surface area (Å²) in [5.74, 6) is -0.232. The molecule has 1 aromatic carbocycles. The Labute approximate surface area is 164 Å². The van der Waals surface area contributed by atoms with Crippen molar-refractivity contribution >= 4 is 23.0 Å². The van der Waals surface area contributed by atoms with E-state index in [1.54, 1.807) is 6.20 Å². The first-order valence-corrected chi connectivity index (χ1v) is 9.38. The SMILES string of the molecule is Cc1cc2ncn(C=CC(=O)NCCCCc3ccccn3)c(=O)c2cc1C. The van der Waals surface area contributed by atoms with Crippen LogP contribution < -0.4 is 10.9 Å². The fourth-order valence-electron chi connectivity index (χ4n) is 2.90. The molecule has 0 atom stereocenters. The van der Waals surface area contributed by atoms with Crippen molar-refractivity contribution in [1.82, 2.24) is 19.9 Å². The van der Waals surface area contributed by atoms with E-state index >= 15 is 0 Å². The van der Waals surface area contributed by atoms with Crippen LogP contribution >= 0.6 is 0 Å². The molecule has 0 aliphatic carbocycles. The molecule has 0 aliphatic heterocycles. The maximum absolute atomic E-state index is 12.6. The molecule has 0 saturated heterocycles. The fourth-order valence-corrected chi connectivity index (χ4v) is 2.90. The number of carbonyl (C=O) groups is 1. The first-order chi connectivity index (χ1) is 13.5. The second-order valence-electron chi connectivity index (χ2n) is 6.80. The molecule has 3 aromatic rings. The summed E-state index contributed by atoms with van der Waals surface area (Å²) in [6, 6.07) is 9.61. The lowest BCUT2D eigenvalue weighted by Gasteiger charge is -2.05. The molecule has 0 spiro atoms. The third-order valence-corrected chi connectivity index (χ3v) is 4.67. The molecule has 2 heterocycles. The molecular formula is C22H24N4O2. The maximum Gasteiger partial charge on any atom is 0.265 e. The number of fused-ring (bicyclic) bond motifs is 1. The van der Waals surface area contributed by atoms with Crippen LogP contribution in [-0.4, -0.2) is 27.0 Å². The molecule has 28 heavy (non-hydrogen) atoms. The summed E-state index contributed by atoms with van der Waals surface area (Å²) >= 11 is 0.